The van der Waals surface area contributed by atoms with Gasteiger partial charge in [-0.15, -0.1) is 0 Å². The molecule has 4 aromatic rings. The molecule has 8 nitrogen and oxygen atoms in total. The molecule has 0 bridgehead atoms. The van der Waals surface area contributed by atoms with Gasteiger partial charge < -0.3 is 20.4 Å². The number of nitrogen functional groups attached to an aromatic ring is 1. The number of aromatic nitrogens is 2. The Morgan fingerprint density at radius 1 is 1.05 bits per heavy atom. The van der Waals surface area contributed by atoms with Crippen LogP contribution in [0.15, 0.2) is 65.4 Å². The number of amides is 2. The van der Waals surface area contributed by atoms with Crippen LogP contribution in [0.3, 0.4) is 0 Å². The Balaban J connectivity index is 1.35. The summed E-state index contributed by atoms with van der Waals surface area (Å²) in [5.41, 5.74) is 4.61. The smallest absolute Gasteiger partial charge is 0.420 e. The van der Waals surface area contributed by atoms with E-state index in [1.807, 2.05) is 0 Å². The Kier molecular flexibility index (Phi) is 7.86. The number of furan rings is 1. The van der Waals surface area contributed by atoms with Gasteiger partial charge in [0, 0.05) is 36.0 Å². The first kappa shape index (κ1) is 29.6. The summed E-state index contributed by atoms with van der Waals surface area (Å²) in [5, 5.41) is 2.62. The Labute approximate surface area is 240 Å². The number of carbonyl (C=O) groups excluding carboxylic acids is 2. The van der Waals surface area contributed by atoms with E-state index in [2.05, 4.69) is 15.3 Å². The molecule has 2 amide bonds. The highest BCUT2D eigenvalue weighted by Crippen LogP contribution is 2.39. The van der Waals surface area contributed by atoms with Crippen molar-refractivity contribution >= 4 is 34.7 Å². The molecule has 0 spiro atoms. The normalized spacial score (nSPS) is 15.9. The number of nitrogens with zero attached hydrogens (tertiary/aromatic N) is 3. The molecule has 4 heterocycles. The molecule has 14 heteroatoms. The summed E-state index contributed by atoms with van der Waals surface area (Å²) in [4.78, 5) is 33.7. The summed E-state index contributed by atoms with van der Waals surface area (Å²) in [5.74, 6) is -1.00. The van der Waals surface area contributed by atoms with Gasteiger partial charge in [0.1, 0.15) is 23.2 Å². The number of benzene rings is 1. The van der Waals surface area contributed by atoms with E-state index in [0.717, 1.165) is 17.2 Å². The Bertz CT molecular complexity index is 1680. The minimum Gasteiger partial charge on any atom is -0.459 e. The molecule has 0 radical (unpaired) electrons. The number of likely N-dealkylation sites (tertiary alicyclic amines) is 1. The molecule has 3 N–H and O–H groups in total. The summed E-state index contributed by atoms with van der Waals surface area (Å²) >= 11 is 0. The van der Waals surface area contributed by atoms with E-state index >= 15 is 0 Å². The Morgan fingerprint density at radius 3 is 2.49 bits per heavy atom. The fourth-order valence-corrected chi connectivity index (χ4v) is 4.78. The van der Waals surface area contributed by atoms with E-state index in [9.17, 15) is 35.9 Å². The lowest BCUT2D eigenvalue weighted by molar-refractivity contribution is -0.169. The van der Waals surface area contributed by atoms with Crippen LogP contribution in [0.1, 0.15) is 40.1 Å². The van der Waals surface area contributed by atoms with E-state index < -0.39 is 41.4 Å². The molecule has 0 unspecified atom stereocenters. The quantitative estimate of drug-likeness (QED) is 0.207. The van der Waals surface area contributed by atoms with Gasteiger partial charge in [-0.2, -0.15) is 26.3 Å². The summed E-state index contributed by atoms with van der Waals surface area (Å²) in [7, 11) is 0. The molecule has 43 heavy (non-hydrogen) atoms. The van der Waals surface area contributed by atoms with Gasteiger partial charge in [-0.3, -0.25) is 14.6 Å². The predicted molar refractivity (Wildman–Crippen MR) is 144 cm³/mol. The molecule has 1 aromatic carbocycles. The average molecular weight is 604 g/mol. The second-order valence-corrected chi connectivity index (χ2v) is 9.85. The molecule has 0 aliphatic carbocycles. The van der Waals surface area contributed by atoms with Crippen molar-refractivity contribution < 1.29 is 40.3 Å². The maximum absolute atomic E-state index is 14.0. The van der Waals surface area contributed by atoms with Crippen LogP contribution in [0.5, 0.6) is 0 Å². The number of nitrogens with one attached hydrogen (secondary N) is 1. The van der Waals surface area contributed by atoms with E-state index in [-0.39, 0.29) is 53.9 Å². The van der Waals surface area contributed by atoms with Gasteiger partial charge in [-0.1, -0.05) is 0 Å². The third kappa shape index (κ3) is 6.63. The van der Waals surface area contributed by atoms with Crippen LogP contribution in [-0.2, 0) is 17.5 Å². The fraction of sp³-hybridized carbons (Fsp3) is 0.241. The Morgan fingerprint density at radius 2 is 1.84 bits per heavy atom. The number of alkyl halides is 6. The van der Waals surface area contributed by atoms with Crippen molar-refractivity contribution in [1.82, 2.24) is 20.2 Å². The van der Waals surface area contributed by atoms with Crippen molar-refractivity contribution in [2.45, 2.75) is 37.8 Å². The van der Waals surface area contributed by atoms with Crippen molar-refractivity contribution in [1.29, 1.82) is 0 Å². The minimum atomic E-state index is -4.80. The summed E-state index contributed by atoms with van der Waals surface area (Å²) in [6.07, 6.45) is -4.15. The number of rotatable bonds is 6. The number of halogens is 6. The van der Waals surface area contributed by atoms with E-state index in [1.165, 1.54) is 42.6 Å². The van der Waals surface area contributed by atoms with E-state index in [0.29, 0.717) is 11.4 Å². The molecule has 1 saturated heterocycles. The molecule has 0 saturated carbocycles. The van der Waals surface area contributed by atoms with Crippen molar-refractivity contribution in [2.75, 3.05) is 12.3 Å². The zero-order valence-electron chi connectivity index (χ0n) is 22.2. The van der Waals surface area contributed by atoms with Crippen molar-refractivity contribution in [2.24, 2.45) is 0 Å². The lowest BCUT2D eigenvalue weighted by atomic mass is 10.0. The minimum absolute atomic E-state index is 0.0459. The first-order valence-electron chi connectivity index (χ1n) is 12.9. The summed E-state index contributed by atoms with van der Waals surface area (Å²) in [6, 6.07) is 7.41. The number of anilines is 1. The zero-order chi connectivity index (χ0) is 30.9. The highest BCUT2D eigenvalue weighted by molar-refractivity contribution is 5.95. The van der Waals surface area contributed by atoms with Crippen LogP contribution >= 0.6 is 0 Å². The number of carbonyl (C=O) groups is 2. The van der Waals surface area contributed by atoms with Gasteiger partial charge in [0.05, 0.1) is 23.4 Å². The first-order chi connectivity index (χ1) is 20.3. The molecule has 1 atom stereocenters. The SMILES string of the molecule is Nc1ccc(/C=C/C(=O)NCc2cc3cc(-c4ccc(C(=O)N5CCC[C@@H]5C(F)(F)F)cn4)cc(C(F)(F)F)c3o2)cn1. The van der Waals surface area contributed by atoms with Crippen LogP contribution < -0.4 is 11.1 Å². The molecule has 1 aliphatic rings. The maximum atomic E-state index is 14.0. The van der Waals surface area contributed by atoms with Crippen LogP contribution in [0, 0.1) is 0 Å². The van der Waals surface area contributed by atoms with E-state index in [4.69, 9.17) is 10.2 Å². The van der Waals surface area contributed by atoms with Crippen molar-refractivity contribution in [3.63, 3.8) is 0 Å². The van der Waals surface area contributed by atoms with Crippen LogP contribution in [0.4, 0.5) is 32.2 Å². The average Bonchev–Trinajstić information content (AvgIpc) is 3.62. The van der Waals surface area contributed by atoms with Gasteiger partial charge in [0.25, 0.3) is 5.91 Å². The standard InChI is InChI=1S/C29H23F6N5O3/c30-28(31,32)21-12-18(22-6-5-17(14-37-22)27(42)40-9-1-2-23(40)29(33,34)35)10-19-11-20(43-26(19)21)15-39-25(41)8-4-16-3-7-24(36)38-13-16/h3-8,10-14,23H,1-2,9,15H2,(H2,36,38)(H,39,41)/b8-4+/t23-/m1/s1. The van der Waals surface area contributed by atoms with Crippen molar-refractivity contribution in [3.05, 3.63) is 83.4 Å². The van der Waals surface area contributed by atoms with Gasteiger partial charge in [0.15, 0.2) is 0 Å². The van der Waals surface area contributed by atoms with Crippen LogP contribution in [-0.4, -0.2) is 45.4 Å². The molecule has 5 rings (SSSR count). The third-order valence-electron chi connectivity index (χ3n) is 6.84. The number of hydrogen-bond acceptors (Lipinski definition) is 6. The number of pyridine rings is 2. The lowest BCUT2D eigenvalue weighted by Crippen LogP contribution is -2.44. The summed E-state index contributed by atoms with van der Waals surface area (Å²) in [6.45, 7) is -0.259. The van der Waals surface area contributed by atoms with Crippen LogP contribution in [0.2, 0.25) is 0 Å². The lowest BCUT2D eigenvalue weighted by Gasteiger charge is -2.26. The third-order valence-corrected chi connectivity index (χ3v) is 6.84. The second-order valence-electron chi connectivity index (χ2n) is 9.85. The second kappa shape index (κ2) is 11.4. The number of hydrogen-bond donors (Lipinski definition) is 2. The number of fused-ring (bicyclic) bond motifs is 1. The zero-order valence-corrected chi connectivity index (χ0v) is 22.2. The Hall–Kier alpha value is -4.88. The van der Waals surface area contributed by atoms with Crippen molar-refractivity contribution in [3.8, 4) is 11.3 Å². The molecular formula is C29H23F6N5O3. The number of nitrogens with two attached hydrogens (primary N) is 1. The summed E-state index contributed by atoms with van der Waals surface area (Å²) < 4.78 is 87.3. The first-order valence-corrected chi connectivity index (χ1v) is 12.9. The molecule has 1 fully saturated rings. The highest BCUT2D eigenvalue weighted by atomic mass is 19.4. The highest BCUT2D eigenvalue weighted by Gasteiger charge is 2.47. The predicted octanol–water partition coefficient (Wildman–Crippen LogP) is 5.99. The maximum Gasteiger partial charge on any atom is 0.420 e. The van der Waals surface area contributed by atoms with Gasteiger partial charge in [0.2, 0.25) is 5.91 Å². The van der Waals surface area contributed by atoms with Gasteiger partial charge >= 0.3 is 12.4 Å². The molecule has 1 aliphatic heterocycles. The molecule has 3 aromatic heterocycles. The molecular weight excluding hydrogens is 580 g/mol. The monoisotopic (exact) mass is 603 g/mol. The largest absolute Gasteiger partial charge is 0.459 e. The van der Waals surface area contributed by atoms with Gasteiger partial charge in [-0.25, -0.2) is 4.98 Å². The topological polar surface area (TPSA) is 114 Å². The van der Waals surface area contributed by atoms with E-state index in [1.54, 1.807) is 12.1 Å². The fourth-order valence-electron chi connectivity index (χ4n) is 4.78. The molecule has 224 valence electrons. The van der Waals surface area contributed by atoms with Crippen LogP contribution in [0.25, 0.3) is 28.3 Å². The van der Waals surface area contributed by atoms with Gasteiger partial charge in [-0.05, 0) is 66.9 Å².